The van der Waals surface area contributed by atoms with Crippen LogP contribution < -0.4 is 9.47 Å². The Morgan fingerprint density at radius 3 is 2.68 bits per heavy atom. The van der Waals surface area contributed by atoms with Crippen LogP contribution in [0.15, 0.2) is 47.8 Å². The summed E-state index contributed by atoms with van der Waals surface area (Å²) < 4.78 is 15.9. The first-order valence-corrected chi connectivity index (χ1v) is 8.98. The molecule has 0 fully saturated rings. The van der Waals surface area contributed by atoms with Crippen molar-refractivity contribution < 1.29 is 23.9 Å². The van der Waals surface area contributed by atoms with Gasteiger partial charge in [0.05, 0.1) is 36.0 Å². The number of rotatable bonds is 7. The molecule has 0 atom stereocenters. The van der Waals surface area contributed by atoms with Crippen molar-refractivity contribution >= 4 is 23.0 Å². The van der Waals surface area contributed by atoms with Crippen LogP contribution in [0.2, 0.25) is 0 Å². The lowest BCUT2D eigenvalue weighted by Crippen LogP contribution is -2.06. The minimum Gasteiger partial charge on any atom is -0.493 e. The number of benzene rings is 2. The number of methoxy groups -OCH3 is 2. The lowest BCUT2D eigenvalue weighted by Gasteiger charge is -2.10. The molecule has 3 aromatic rings. The van der Waals surface area contributed by atoms with Crippen molar-refractivity contribution in [2.24, 2.45) is 0 Å². The SMILES string of the molecule is COc1cccc(-c2nc(COC(=O)c3cccc([N+](=O)[O-])c3)cs2)c1OC. The summed E-state index contributed by atoms with van der Waals surface area (Å²) in [5.74, 6) is 0.505. The van der Waals surface area contributed by atoms with Crippen LogP contribution in [0.3, 0.4) is 0 Å². The quantitative estimate of drug-likeness (QED) is 0.334. The maximum Gasteiger partial charge on any atom is 0.338 e. The number of hydrogen-bond acceptors (Lipinski definition) is 8. The van der Waals surface area contributed by atoms with Gasteiger partial charge in [0.2, 0.25) is 0 Å². The molecule has 0 unspecified atom stereocenters. The standard InChI is InChI=1S/C19H16N2O6S/c1-25-16-8-4-7-15(17(16)26-2)18-20-13(11-28-18)10-27-19(22)12-5-3-6-14(9-12)21(23)24/h3-9,11H,10H2,1-2H3. The van der Waals surface area contributed by atoms with Crippen molar-refractivity contribution in [3.63, 3.8) is 0 Å². The number of carbonyl (C=O) groups excluding carboxylic acids is 1. The Morgan fingerprint density at radius 2 is 1.96 bits per heavy atom. The molecular formula is C19H16N2O6S. The Hall–Kier alpha value is -3.46. The van der Waals surface area contributed by atoms with Gasteiger partial charge >= 0.3 is 5.97 Å². The average molecular weight is 400 g/mol. The normalized spacial score (nSPS) is 10.4. The number of aromatic nitrogens is 1. The molecule has 0 radical (unpaired) electrons. The molecule has 144 valence electrons. The molecule has 1 aromatic heterocycles. The van der Waals surface area contributed by atoms with E-state index in [0.717, 1.165) is 5.56 Å². The van der Waals surface area contributed by atoms with E-state index in [0.29, 0.717) is 22.2 Å². The van der Waals surface area contributed by atoms with E-state index in [-0.39, 0.29) is 17.9 Å². The first-order chi connectivity index (χ1) is 13.5. The van der Waals surface area contributed by atoms with Crippen LogP contribution >= 0.6 is 11.3 Å². The smallest absolute Gasteiger partial charge is 0.338 e. The summed E-state index contributed by atoms with van der Waals surface area (Å²) in [5.41, 5.74) is 1.27. The highest BCUT2D eigenvalue weighted by atomic mass is 32.1. The minimum atomic E-state index is -0.655. The number of para-hydroxylation sites is 1. The number of ether oxygens (including phenoxy) is 3. The van der Waals surface area contributed by atoms with E-state index in [1.807, 2.05) is 12.1 Å². The zero-order valence-corrected chi connectivity index (χ0v) is 15.9. The summed E-state index contributed by atoms with van der Waals surface area (Å²) >= 11 is 1.38. The summed E-state index contributed by atoms with van der Waals surface area (Å²) in [6.45, 7) is -0.0513. The highest BCUT2D eigenvalue weighted by Crippen LogP contribution is 2.39. The molecule has 0 aliphatic rings. The van der Waals surface area contributed by atoms with Crippen LogP contribution in [0.4, 0.5) is 5.69 Å². The number of nitrogens with zero attached hydrogens (tertiary/aromatic N) is 2. The third-order valence-electron chi connectivity index (χ3n) is 3.83. The van der Waals surface area contributed by atoms with Gasteiger partial charge in [-0.05, 0) is 18.2 Å². The molecule has 0 N–H and O–H groups in total. The molecule has 9 heteroatoms. The number of nitro groups is 1. The molecule has 3 rings (SSSR count). The van der Waals surface area contributed by atoms with Gasteiger partial charge in [-0.25, -0.2) is 9.78 Å². The van der Waals surface area contributed by atoms with Gasteiger partial charge in [-0.1, -0.05) is 12.1 Å². The zero-order valence-electron chi connectivity index (χ0n) is 15.1. The summed E-state index contributed by atoms with van der Waals surface area (Å²) in [6.07, 6.45) is 0. The second-order valence-electron chi connectivity index (χ2n) is 5.57. The summed E-state index contributed by atoms with van der Waals surface area (Å²) in [4.78, 5) is 26.9. The third-order valence-corrected chi connectivity index (χ3v) is 4.75. The third kappa shape index (κ3) is 4.09. The molecule has 0 aliphatic heterocycles. The number of thiazole rings is 1. The lowest BCUT2D eigenvalue weighted by atomic mass is 10.2. The van der Waals surface area contributed by atoms with Gasteiger partial charge in [-0.15, -0.1) is 11.3 Å². The van der Waals surface area contributed by atoms with Crippen LogP contribution in [-0.4, -0.2) is 30.1 Å². The largest absolute Gasteiger partial charge is 0.493 e. The number of non-ortho nitro benzene ring substituents is 1. The van der Waals surface area contributed by atoms with Crippen LogP contribution in [0.25, 0.3) is 10.6 Å². The minimum absolute atomic E-state index is 0.0513. The molecule has 0 aliphatic carbocycles. The first kappa shape index (κ1) is 19.3. The Labute approximate surface area is 164 Å². The van der Waals surface area contributed by atoms with E-state index in [2.05, 4.69) is 4.98 Å². The van der Waals surface area contributed by atoms with Crippen molar-refractivity contribution in [2.45, 2.75) is 6.61 Å². The molecule has 0 saturated heterocycles. The van der Waals surface area contributed by atoms with Gasteiger partial charge in [0.1, 0.15) is 11.6 Å². The van der Waals surface area contributed by atoms with Gasteiger partial charge in [0, 0.05) is 17.5 Å². The summed E-state index contributed by atoms with van der Waals surface area (Å²) in [5, 5.41) is 13.3. The fourth-order valence-electron chi connectivity index (χ4n) is 2.52. The summed E-state index contributed by atoms with van der Waals surface area (Å²) in [7, 11) is 3.11. The Balaban J connectivity index is 1.73. The number of carbonyl (C=O) groups is 1. The van der Waals surface area contributed by atoms with Gasteiger partial charge < -0.3 is 14.2 Å². The van der Waals surface area contributed by atoms with Crippen molar-refractivity contribution in [1.82, 2.24) is 4.98 Å². The maximum absolute atomic E-state index is 12.1. The molecule has 0 spiro atoms. The highest BCUT2D eigenvalue weighted by Gasteiger charge is 2.16. The van der Waals surface area contributed by atoms with Crippen molar-refractivity contribution in [1.29, 1.82) is 0 Å². The second-order valence-corrected chi connectivity index (χ2v) is 6.43. The topological polar surface area (TPSA) is 101 Å². The molecule has 0 bridgehead atoms. The highest BCUT2D eigenvalue weighted by molar-refractivity contribution is 7.13. The first-order valence-electron chi connectivity index (χ1n) is 8.11. The van der Waals surface area contributed by atoms with Gasteiger partial charge in [0.25, 0.3) is 5.69 Å². The lowest BCUT2D eigenvalue weighted by molar-refractivity contribution is -0.384. The predicted molar refractivity (Wildman–Crippen MR) is 103 cm³/mol. The Bertz CT molecular complexity index is 1020. The van der Waals surface area contributed by atoms with Gasteiger partial charge in [-0.3, -0.25) is 10.1 Å². The molecule has 0 saturated carbocycles. The van der Waals surface area contributed by atoms with Crippen molar-refractivity contribution in [3.05, 3.63) is 69.2 Å². The van der Waals surface area contributed by atoms with E-state index >= 15 is 0 Å². The monoisotopic (exact) mass is 400 g/mol. The van der Waals surface area contributed by atoms with Crippen LogP contribution in [0, 0.1) is 10.1 Å². The van der Waals surface area contributed by atoms with E-state index < -0.39 is 10.9 Å². The maximum atomic E-state index is 12.1. The fraction of sp³-hybridized carbons (Fsp3) is 0.158. The van der Waals surface area contributed by atoms with E-state index in [1.165, 1.54) is 35.6 Å². The zero-order chi connectivity index (χ0) is 20.1. The molecule has 8 nitrogen and oxygen atoms in total. The number of esters is 1. The van der Waals surface area contributed by atoms with Crippen LogP contribution in [0.1, 0.15) is 16.1 Å². The van der Waals surface area contributed by atoms with Gasteiger partial charge in [0.15, 0.2) is 11.5 Å². The molecule has 28 heavy (non-hydrogen) atoms. The fourth-order valence-corrected chi connectivity index (χ4v) is 3.35. The van der Waals surface area contributed by atoms with Crippen LogP contribution in [-0.2, 0) is 11.3 Å². The molecule has 2 aromatic carbocycles. The molecule has 1 heterocycles. The van der Waals surface area contributed by atoms with Gasteiger partial charge in [-0.2, -0.15) is 0 Å². The molecule has 0 amide bonds. The average Bonchev–Trinajstić information content (AvgIpc) is 3.20. The molecular weight excluding hydrogens is 384 g/mol. The number of nitro benzene ring substituents is 1. The van der Waals surface area contributed by atoms with Crippen molar-refractivity contribution in [3.8, 4) is 22.1 Å². The van der Waals surface area contributed by atoms with Crippen molar-refractivity contribution in [2.75, 3.05) is 14.2 Å². The van der Waals surface area contributed by atoms with E-state index in [4.69, 9.17) is 14.2 Å². The van der Waals surface area contributed by atoms with Crippen LogP contribution in [0.5, 0.6) is 11.5 Å². The Kier molecular flexibility index (Phi) is 5.85. The Morgan fingerprint density at radius 1 is 1.18 bits per heavy atom. The summed E-state index contributed by atoms with van der Waals surface area (Å²) in [6, 6.07) is 10.9. The predicted octanol–water partition coefficient (Wildman–Crippen LogP) is 4.09. The number of hydrogen-bond donors (Lipinski definition) is 0. The van der Waals surface area contributed by atoms with E-state index in [1.54, 1.807) is 25.7 Å². The van der Waals surface area contributed by atoms with E-state index in [9.17, 15) is 14.9 Å². The second kappa shape index (κ2) is 8.49.